The number of para-hydroxylation sites is 1. The quantitative estimate of drug-likeness (QED) is 0.688. The van der Waals surface area contributed by atoms with Crippen molar-refractivity contribution in [3.8, 4) is 5.75 Å². The molecule has 9 nitrogen and oxygen atoms in total. The van der Waals surface area contributed by atoms with Gasteiger partial charge in [0.15, 0.2) is 5.84 Å². The van der Waals surface area contributed by atoms with Gasteiger partial charge >= 0.3 is 16.2 Å². The number of hydrogen-bond donors (Lipinski definition) is 3. The lowest BCUT2D eigenvalue weighted by Gasteiger charge is -2.33. The van der Waals surface area contributed by atoms with Crippen LogP contribution in [0.15, 0.2) is 52.9 Å². The molecule has 2 heterocycles. The predicted octanol–water partition coefficient (Wildman–Crippen LogP) is 2.39. The maximum Gasteiger partial charge on any atom is 0.344 e. The highest BCUT2D eigenvalue weighted by molar-refractivity contribution is 7.91. The highest BCUT2D eigenvalue weighted by Gasteiger charge is 2.27. The zero-order chi connectivity index (χ0) is 21.1. The van der Waals surface area contributed by atoms with Crippen molar-refractivity contribution in [1.29, 1.82) is 0 Å². The van der Waals surface area contributed by atoms with Crippen molar-refractivity contribution < 1.29 is 17.9 Å². The number of hydrogen-bond acceptors (Lipinski definition) is 5. The Labute approximate surface area is 175 Å². The van der Waals surface area contributed by atoms with E-state index in [0.29, 0.717) is 36.7 Å². The van der Waals surface area contributed by atoms with Crippen LogP contribution < -0.4 is 20.5 Å². The van der Waals surface area contributed by atoms with Crippen LogP contribution in [0.25, 0.3) is 0 Å². The third kappa shape index (κ3) is 4.48. The molecular weight excluding hydrogens is 406 g/mol. The SMILES string of the molecule is NC1=NS(=O)(=O)Nc2cccc(OC[C@H]3CCCN(C(=O)Nc4ccccc4)C3)c21. The molecule has 0 saturated carbocycles. The first-order chi connectivity index (χ1) is 14.4. The molecule has 30 heavy (non-hydrogen) atoms. The second-order valence-corrected chi connectivity index (χ2v) is 8.63. The lowest BCUT2D eigenvalue weighted by molar-refractivity contribution is 0.145. The van der Waals surface area contributed by atoms with Gasteiger partial charge in [-0.05, 0) is 37.1 Å². The minimum Gasteiger partial charge on any atom is -0.492 e. The van der Waals surface area contributed by atoms with Crippen LogP contribution in [0, 0.1) is 5.92 Å². The van der Waals surface area contributed by atoms with E-state index in [0.717, 1.165) is 18.5 Å². The number of anilines is 2. The Morgan fingerprint density at radius 3 is 2.83 bits per heavy atom. The summed E-state index contributed by atoms with van der Waals surface area (Å²) in [7, 11) is -3.83. The third-order valence-electron chi connectivity index (χ3n) is 5.05. The molecule has 10 heteroatoms. The summed E-state index contributed by atoms with van der Waals surface area (Å²) >= 11 is 0. The van der Waals surface area contributed by atoms with Crippen LogP contribution in [0.5, 0.6) is 5.75 Å². The molecular formula is C20H23N5O4S. The highest BCUT2D eigenvalue weighted by Crippen LogP contribution is 2.31. The number of carbonyl (C=O) groups is 1. The molecule has 2 amide bonds. The summed E-state index contributed by atoms with van der Waals surface area (Å²) in [5.74, 6) is 0.503. The minimum atomic E-state index is -3.83. The molecule has 158 valence electrons. The maximum atomic E-state index is 12.6. The number of urea groups is 1. The number of amides is 2. The first kappa shape index (κ1) is 20.0. The topological polar surface area (TPSA) is 126 Å². The number of fused-ring (bicyclic) bond motifs is 1. The van der Waals surface area contributed by atoms with Crippen LogP contribution in [0.4, 0.5) is 16.2 Å². The predicted molar refractivity (Wildman–Crippen MR) is 115 cm³/mol. The number of nitrogens with zero attached hydrogens (tertiary/aromatic N) is 2. The summed E-state index contributed by atoms with van der Waals surface area (Å²) in [6.45, 7) is 1.65. The van der Waals surface area contributed by atoms with Gasteiger partial charge < -0.3 is 20.7 Å². The molecule has 1 atom stereocenters. The van der Waals surface area contributed by atoms with Crippen LogP contribution in [0.2, 0.25) is 0 Å². The molecule has 0 aliphatic carbocycles. The lowest BCUT2D eigenvalue weighted by Crippen LogP contribution is -2.43. The minimum absolute atomic E-state index is 0.105. The van der Waals surface area contributed by atoms with Crippen molar-refractivity contribution in [3.05, 3.63) is 54.1 Å². The molecule has 0 aromatic heterocycles. The van der Waals surface area contributed by atoms with E-state index in [9.17, 15) is 13.2 Å². The third-order valence-corrected chi connectivity index (χ3v) is 5.96. The van der Waals surface area contributed by atoms with E-state index in [2.05, 4.69) is 14.4 Å². The standard InChI is InChI=1S/C20H23N5O4S/c21-19-18-16(23-30(27,28)24-19)9-4-10-17(18)29-13-14-6-5-11-25(12-14)20(26)22-15-7-2-1-3-8-15/h1-4,7-10,14,23H,5-6,11-13H2,(H2,21,24)(H,22,26)/t14-/m0/s1. The summed E-state index contributed by atoms with van der Waals surface area (Å²) in [6, 6.07) is 14.2. The van der Waals surface area contributed by atoms with Crippen molar-refractivity contribution >= 4 is 33.5 Å². The zero-order valence-corrected chi connectivity index (χ0v) is 17.1. The van der Waals surface area contributed by atoms with E-state index in [1.54, 1.807) is 23.1 Å². The molecule has 4 rings (SSSR count). The molecule has 2 aliphatic heterocycles. The average Bonchev–Trinajstić information content (AvgIpc) is 2.72. The van der Waals surface area contributed by atoms with Crippen LogP contribution in [-0.2, 0) is 10.2 Å². The molecule has 2 aromatic rings. The Balaban J connectivity index is 1.40. The van der Waals surface area contributed by atoms with Gasteiger partial charge in [-0.15, -0.1) is 4.40 Å². The number of benzene rings is 2. The number of piperidine rings is 1. The number of rotatable bonds is 4. The molecule has 0 unspecified atom stereocenters. The van der Waals surface area contributed by atoms with E-state index in [1.807, 2.05) is 30.3 Å². The van der Waals surface area contributed by atoms with Gasteiger partial charge in [0.25, 0.3) is 0 Å². The summed E-state index contributed by atoms with van der Waals surface area (Å²) < 4.78 is 35.2. The summed E-state index contributed by atoms with van der Waals surface area (Å²) in [4.78, 5) is 14.3. The largest absolute Gasteiger partial charge is 0.492 e. The van der Waals surface area contributed by atoms with Gasteiger partial charge in [-0.1, -0.05) is 24.3 Å². The number of nitrogens with two attached hydrogens (primary N) is 1. The summed E-state index contributed by atoms with van der Waals surface area (Å²) in [5.41, 5.74) is 7.39. The molecule has 4 N–H and O–H groups in total. The summed E-state index contributed by atoms with van der Waals surface area (Å²) in [6.07, 6.45) is 1.81. The van der Waals surface area contributed by atoms with Crippen molar-refractivity contribution in [2.45, 2.75) is 12.8 Å². The van der Waals surface area contributed by atoms with Crippen LogP contribution in [0.3, 0.4) is 0 Å². The second kappa shape index (κ2) is 8.23. The first-order valence-electron chi connectivity index (χ1n) is 9.66. The normalized spacial score (nSPS) is 19.8. The van der Waals surface area contributed by atoms with Crippen LogP contribution >= 0.6 is 0 Å². The van der Waals surface area contributed by atoms with Gasteiger partial charge in [-0.3, -0.25) is 4.72 Å². The fourth-order valence-corrected chi connectivity index (χ4v) is 4.50. The molecule has 1 fully saturated rings. The summed E-state index contributed by atoms with van der Waals surface area (Å²) in [5, 5.41) is 2.91. The molecule has 0 spiro atoms. The molecule has 0 bridgehead atoms. The van der Waals surface area contributed by atoms with E-state index < -0.39 is 10.2 Å². The van der Waals surface area contributed by atoms with Gasteiger partial charge in [0, 0.05) is 24.7 Å². The Morgan fingerprint density at radius 2 is 2.03 bits per heavy atom. The number of carbonyl (C=O) groups excluding carboxylic acids is 1. The molecule has 1 saturated heterocycles. The zero-order valence-electron chi connectivity index (χ0n) is 16.2. The van der Waals surface area contributed by atoms with E-state index in [-0.39, 0.29) is 17.8 Å². The van der Waals surface area contributed by atoms with Gasteiger partial charge in [-0.25, -0.2) is 4.79 Å². The van der Waals surface area contributed by atoms with Crippen molar-refractivity contribution in [2.75, 3.05) is 29.7 Å². The van der Waals surface area contributed by atoms with Gasteiger partial charge in [0.05, 0.1) is 17.9 Å². The monoisotopic (exact) mass is 429 g/mol. The Bertz CT molecular complexity index is 1070. The van der Waals surface area contributed by atoms with Gasteiger partial charge in [-0.2, -0.15) is 8.42 Å². The van der Waals surface area contributed by atoms with Crippen molar-refractivity contribution in [3.63, 3.8) is 0 Å². The van der Waals surface area contributed by atoms with Gasteiger partial charge in [0.2, 0.25) is 0 Å². The highest BCUT2D eigenvalue weighted by atomic mass is 32.2. The molecule has 2 aliphatic rings. The van der Waals surface area contributed by atoms with Crippen molar-refractivity contribution in [1.82, 2.24) is 4.90 Å². The molecule has 2 aromatic carbocycles. The first-order valence-corrected chi connectivity index (χ1v) is 11.1. The number of amidine groups is 1. The van der Waals surface area contributed by atoms with Crippen LogP contribution in [0.1, 0.15) is 18.4 Å². The van der Waals surface area contributed by atoms with E-state index in [1.165, 1.54) is 0 Å². The Kier molecular flexibility index (Phi) is 5.49. The maximum absolute atomic E-state index is 12.6. The Hall–Kier alpha value is -3.27. The second-order valence-electron chi connectivity index (χ2n) is 7.29. The smallest absolute Gasteiger partial charge is 0.344 e. The number of likely N-dealkylation sites (tertiary alicyclic amines) is 1. The van der Waals surface area contributed by atoms with Crippen molar-refractivity contribution in [2.24, 2.45) is 16.0 Å². The van der Waals surface area contributed by atoms with E-state index >= 15 is 0 Å². The van der Waals surface area contributed by atoms with Gasteiger partial charge in [0.1, 0.15) is 5.75 Å². The Morgan fingerprint density at radius 1 is 1.23 bits per heavy atom. The fourth-order valence-electron chi connectivity index (χ4n) is 3.65. The van der Waals surface area contributed by atoms with E-state index in [4.69, 9.17) is 10.5 Å². The van der Waals surface area contributed by atoms with Crippen LogP contribution in [-0.4, -0.2) is 44.9 Å². The lowest BCUT2D eigenvalue weighted by atomic mass is 9.99. The average molecular weight is 430 g/mol. The fraction of sp³-hybridized carbons (Fsp3) is 0.300. The molecule has 0 radical (unpaired) electrons. The number of ether oxygens (including phenoxy) is 1. The number of nitrogens with one attached hydrogen (secondary N) is 2.